The smallest absolute Gasteiger partial charge is 0.163 e. The lowest BCUT2D eigenvalue weighted by Crippen LogP contribution is -2.21. The van der Waals surface area contributed by atoms with Gasteiger partial charge in [0.2, 0.25) is 0 Å². The van der Waals surface area contributed by atoms with E-state index in [0.29, 0.717) is 6.04 Å². The Labute approximate surface area is 140 Å². The first-order chi connectivity index (χ1) is 11.1. The summed E-state index contributed by atoms with van der Waals surface area (Å²) in [5.74, 6) is 2.64. The van der Waals surface area contributed by atoms with Crippen LogP contribution < -0.4 is 10.2 Å². The average Bonchev–Trinajstić information content (AvgIpc) is 2.60. The third-order valence-corrected chi connectivity index (χ3v) is 3.99. The molecule has 0 aliphatic carbocycles. The van der Waals surface area contributed by atoms with Crippen molar-refractivity contribution in [1.29, 1.82) is 0 Å². The highest BCUT2D eigenvalue weighted by molar-refractivity contribution is 5.61. The molecule has 4 nitrogen and oxygen atoms in total. The monoisotopic (exact) mass is 312 g/mol. The second-order valence-electron chi connectivity index (χ2n) is 6.03. The molecule has 0 saturated carbocycles. The third-order valence-electron chi connectivity index (χ3n) is 3.99. The Morgan fingerprint density at radius 3 is 2.52 bits per heavy atom. The second kappa shape index (κ2) is 8.51. The quantitative estimate of drug-likeness (QED) is 0.774. The van der Waals surface area contributed by atoms with Crippen LogP contribution in [0.2, 0.25) is 0 Å². The van der Waals surface area contributed by atoms with Crippen molar-refractivity contribution in [2.45, 2.75) is 46.1 Å². The predicted octanol–water partition coefficient (Wildman–Crippen LogP) is 4.59. The average molecular weight is 312 g/mol. The van der Waals surface area contributed by atoms with Crippen molar-refractivity contribution in [2.24, 2.45) is 0 Å². The topological polar surface area (TPSA) is 41.0 Å². The summed E-state index contributed by atoms with van der Waals surface area (Å²) in [5, 5.41) is 3.48. The van der Waals surface area contributed by atoms with Crippen LogP contribution in [0.25, 0.3) is 11.4 Å². The van der Waals surface area contributed by atoms with Crippen LogP contribution in [0.4, 0.5) is 11.6 Å². The van der Waals surface area contributed by atoms with Gasteiger partial charge >= 0.3 is 0 Å². The lowest BCUT2D eigenvalue weighted by molar-refractivity contribution is 0.751. The van der Waals surface area contributed by atoms with Crippen molar-refractivity contribution in [2.75, 3.05) is 23.8 Å². The van der Waals surface area contributed by atoms with Crippen molar-refractivity contribution in [3.63, 3.8) is 0 Å². The first-order valence-corrected chi connectivity index (χ1v) is 8.56. The lowest BCUT2D eigenvalue weighted by Gasteiger charge is -2.20. The largest absolute Gasteiger partial charge is 0.367 e. The Balaban J connectivity index is 2.35. The van der Waals surface area contributed by atoms with Gasteiger partial charge in [-0.15, -0.1) is 0 Å². The number of hydrogen-bond acceptors (Lipinski definition) is 4. The van der Waals surface area contributed by atoms with Gasteiger partial charge in [0, 0.05) is 31.3 Å². The van der Waals surface area contributed by atoms with Crippen molar-refractivity contribution >= 4 is 11.6 Å². The number of anilines is 2. The van der Waals surface area contributed by atoms with E-state index in [-0.39, 0.29) is 0 Å². The number of nitrogens with one attached hydrogen (secondary N) is 1. The van der Waals surface area contributed by atoms with Crippen LogP contribution in [0.3, 0.4) is 0 Å². The normalized spacial score (nSPS) is 12.0. The summed E-state index contributed by atoms with van der Waals surface area (Å²) < 4.78 is 0. The van der Waals surface area contributed by atoms with Gasteiger partial charge in [-0.2, -0.15) is 0 Å². The van der Waals surface area contributed by atoms with E-state index in [9.17, 15) is 0 Å². The number of aromatic nitrogens is 2. The molecule has 4 heteroatoms. The van der Waals surface area contributed by atoms with Crippen LogP contribution in [0.1, 0.15) is 40.0 Å². The second-order valence-corrected chi connectivity index (χ2v) is 6.03. The molecule has 124 valence electrons. The van der Waals surface area contributed by atoms with Crippen LogP contribution in [-0.4, -0.2) is 29.6 Å². The first kappa shape index (κ1) is 17.3. The molecule has 0 spiro atoms. The van der Waals surface area contributed by atoms with Gasteiger partial charge in [-0.3, -0.25) is 0 Å². The number of hydrogen-bond donors (Lipinski definition) is 1. The fourth-order valence-corrected chi connectivity index (χ4v) is 2.28. The zero-order chi connectivity index (χ0) is 16.7. The van der Waals surface area contributed by atoms with Crippen molar-refractivity contribution in [3.8, 4) is 11.4 Å². The van der Waals surface area contributed by atoms with Gasteiger partial charge in [0.15, 0.2) is 5.82 Å². The Morgan fingerprint density at radius 1 is 1.13 bits per heavy atom. The van der Waals surface area contributed by atoms with Gasteiger partial charge in [-0.25, -0.2) is 9.97 Å². The van der Waals surface area contributed by atoms with Gasteiger partial charge in [0.05, 0.1) is 0 Å². The maximum absolute atomic E-state index is 4.76. The van der Waals surface area contributed by atoms with E-state index in [1.165, 1.54) is 6.42 Å². The molecule has 0 radical (unpaired) electrons. The minimum Gasteiger partial charge on any atom is -0.367 e. The van der Waals surface area contributed by atoms with Gasteiger partial charge in [0.1, 0.15) is 11.6 Å². The molecule has 1 atom stereocenters. The molecule has 1 heterocycles. The fourth-order valence-electron chi connectivity index (χ4n) is 2.28. The van der Waals surface area contributed by atoms with Gasteiger partial charge in [0.25, 0.3) is 0 Å². The molecule has 1 N–H and O–H groups in total. The minimum atomic E-state index is 0.391. The maximum atomic E-state index is 4.76. The van der Waals surface area contributed by atoms with Crippen LogP contribution in [-0.2, 0) is 0 Å². The van der Waals surface area contributed by atoms with Crippen LogP contribution >= 0.6 is 0 Å². The van der Waals surface area contributed by atoms with E-state index in [0.717, 1.165) is 42.4 Å². The van der Waals surface area contributed by atoms with Gasteiger partial charge in [-0.05, 0) is 19.8 Å². The highest BCUT2D eigenvalue weighted by Crippen LogP contribution is 2.22. The van der Waals surface area contributed by atoms with Crippen molar-refractivity contribution < 1.29 is 0 Å². The zero-order valence-corrected chi connectivity index (χ0v) is 14.7. The molecule has 0 bridgehead atoms. The summed E-state index contributed by atoms with van der Waals surface area (Å²) >= 11 is 0. The molecule has 2 rings (SSSR count). The summed E-state index contributed by atoms with van der Waals surface area (Å²) in [6.07, 6.45) is 3.40. The summed E-state index contributed by atoms with van der Waals surface area (Å²) in [7, 11) is 2.10. The molecule has 2 aromatic rings. The Bertz CT molecular complexity index is 598. The van der Waals surface area contributed by atoms with Gasteiger partial charge < -0.3 is 10.2 Å². The number of unbranched alkanes of at least 4 members (excludes halogenated alkanes) is 1. The van der Waals surface area contributed by atoms with Crippen molar-refractivity contribution in [1.82, 2.24) is 9.97 Å². The van der Waals surface area contributed by atoms with E-state index in [1.54, 1.807) is 0 Å². The van der Waals surface area contributed by atoms with Crippen LogP contribution in [0.15, 0.2) is 36.4 Å². The molecule has 0 amide bonds. The zero-order valence-electron chi connectivity index (χ0n) is 14.7. The molecule has 0 aliphatic heterocycles. The summed E-state index contributed by atoms with van der Waals surface area (Å²) in [6.45, 7) is 7.56. The summed E-state index contributed by atoms with van der Waals surface area (Å²) in [5.41, 5.74) is 1.05. The molecule has 23 heavy (non-hydrogen) atoms. The van der Waals surface area contributed by atoms with Crippen LogP contribution in [0.5, 0.6) is 0 Å². The van der Waals surface area contributed by atoms with E-state index in [2.05, 4.69) is 50.2 Å². The summed E-state index contributed by atoms with van der Waals surface area (Å²) in [4.78, 5) is 11.7. The van der Waals surface area contributed by atoms with E-state index in [1.807, 2.05) is 24.3 Å². The van der Waals surface area contributed by atoms with E-state index >= 15 is 0 Å². The Morgan fingerprint density at radius 2 is 1.87 bits per heavy atom. The van der Waals surface area contributed by atoms with E-state index in [4.69, 9.17) is 9.97 Å². The van der Waals surface area contributed by atoms with Gasteiger partial charge in [-0.1, -0.05) is 50.6 Å². The predicted molar refractivity (Wildman–Crippen MR) is 99.0 cm³/mol. The van der Waals surface area contributed by atoms with E-state index < -0.39 is 0 Å². The molecule has 0 aliphatic rings. The highest BCUT2D eigenvalue weighted by Gasteiger charge is 2.11. The molecule has 0 fully saturated rings. The molecule has 1 aromatic heterocycles. The lowest BCUT2D eigenvalue weighted by atomic mass is 10.2. The highest BCUT2D eigenvalue weighted by atomic mass is 15.2. The SMILES string of the molecule is CCCCN(C)c1cc(NC(C)CC)nc(-c2ccccc2)n1. The molecular formula is C19H28N4. The first-order valence-electron chi connectivity index (χ1n) is 8.56. The molecule has 0 saturated heterocycles. The minimum absolute atomic E-state index is 0.391. The van der Waals surface area contributed by atoms with Crippen molar-refractivity contribution in [3.05, 3.63) is 36.4 Å². The number of benzene rings is 1. The Kier molecular flexibility index (Phi) is 6.39. The third kappa shape index (κ3) is 4.95. The van der Waals surface area contributed by atoms with Crippen LogP contribution in [0, 0.1) is 0 Å². The standard InChI is InChI=1S/C19H28N4/c1-5-7-13-23(4)18-14-17(20-15(3)6-2)21-19(22-18)16-11-9-8-10-12-16/h8-12,14-15H,5-7,13H2,1-4H3,(H,20,21,22). The maximum Gasteiger partial charge on any atom is 0.163 e. The fraction of sp³-hybridized carbons (Fsp3) is 0.474. The Hall–Kier alpha value is -2.10. The molecule has 1 unspecified atom stereocenters. The number of nitrogens with zero attached hydrogens (tertiary/aromatic N) is 3. The summed E-state index contributed by atoms with van der Waals surface area (Å²) in [6, 6.07) is 12.6. The molecular weight excluding hydrogens is 284 g/mol. The molecule has 1 aromatic carbocycles. The number of rotatable bonds is 8.